The van der Waals surface area contributed by atoms with Crippen LogP contribution >= 0.6 is 45.7 Å². The van der Waals surface area contributed by atoms with Gasteiger partial charge in [0.05, 0.1) is 5.75 Å². The Balaban J connectivity index is 1.90. The van der Waals surface area contributed by atoms with Gasteiger partial charge in [-0.3, -0.25) is 4.79 Å². The number of benzene rings is 1. The minimum atomic E-state index is -0.0258. The van der Waals surface area contributed by atoms with Crippen LogP contribution in [0.3, 0.4) is 0 Å². The zero-order chi connectivity index (χ0) is 13.8. The van der Waals surface area contributed by atoms with Crippen molar-refractivity contribution in [2.75, 3.05) is 11.1 Å². The molecule has 2 rings (SSSR count). The molecule has 1 heterocycles. The molecule has 100 valence electrons. The van der Waals surface area contributed by atoms with Crippen molar-refractivity contribution < 1.29 is 4.79 Å². The Labute approximate surface area is 133 Å². The van der Waals surface area contributed by atoms with Gasteiger partial charge in [-0.1, -0.05) is 23.1 Å². The summed E-state index contributed by atoms with van der Waals surface area (Å²) in [4.78, 5) is 11.9. The number of hydrogen-bond donors (Lipinski definition) is 1. The first-order valence-electron chi connectivity index (χ1n) is 5.53. The fraction of sp³-hybridized carbons (Fsp3) is 0.250. The van der Waals surface area contributed by atoms with E-state index in [1.54, 1.807) is 0 Å². The summed E-state index contributed by atoms with van der Waals surface area (Å²) in [7, 11) is 0. The summed E-state index contributed by atoms with van der Waals surface area (Å²) in [6.45, 7) is 3.88. The van der Waals surface area contributed by atoms with E-state index in [1.807, 2.05) is 32.0 Å². The van der Waals surface area contributed by atoms with Crippen LogP contribution in [0.4, 0.5) is 5.69 Å². The summed E-state index contributed by atoms with van der Waals surface area (Å²) >= 11 is 5.16. The molecule has 4 nitrogen and oxygen atoms in total. The third-order valence-electron chi connectivity index (χ3n) is 2.30. The van der Waals surface area contributed by atoms with Crippen LogP contribution in [0.1, 0.15) is 10.6 Å². The molecule has 1 N–H and O–H groups in total. The fourth-order valence-electron chi connectivity index (χ4n) is 1.42. The minimum absolute atomic E-state index is 0.0258. The number of aromatic nitrogens is 2. The highest BCUT2D eigenvalue weighted by atomic mass is 127. The van der Waals surface area contributed by atoms with Crippen LogP contribution in [0.2, 0.25) is 0 Å². The van der Waals surface area contributed by atoms with Crippen molar-refractivity contribution >= 4 is 57.3 Å². The highest BCUT2D eigenvalue weighted by Crippen LogP contribution is 2.22. The SMILES string of the molecule is Cc1nnc(SCC(=O)Nc2ccc(I)cc2C)s1. The van der Waals surface area contributed by atoms with Crippen LogP contribution in [0.25, 0.3) is 0 Å². The van der Waals surface area contributed by atoms with E-state index in [-0.39, 0.29) is 5.91 Å². The Kier molecular flexibility index (Phi) is 5.17. The maximum absolute atomic E-state index is 11.9. The standard InChI is InChI=1S/C12H12IN3OS2/c1-7-5-9(13)3-4-10(7)14-11(17)6-18-12-16-15-8(2)19-12/h3-5H,6H2,1-2H3,(H,14,17). The van der Waals surface area contributed by atoms with Crippen LogP contribution in [-0.2, 0) is 4.79 Å². The summed E-state index contributed by atoms with van der Waals surface area (Å²) in [6.07, 6.45) is 0. The molecule has 0 fully saturated rings. The number of carbonyl (C=O) groups excluding carboxylic acids is 1. The molecular weight excluding hydrogens is 393 g/mol. The normalized spacial score (nSPS) is 10.5. The number of anilines is 1. The number of carbonyl (C=O) groups is 1. The second-order valence-corrected chi connectivity index (χ2v) is 7.53. The molecule has 0 atom stereocenters. The molecule has 1 aromatic heterocycles. The molecule has 0 radical (unpaired) electrons. The van der Waals surface area contributed by atoms with Crippen molar-refractivity contribution in [2.45, 2.75) is 18.2 Å². The minimum Gasteiger partial charge on any atom is -0.325 e. The van der Waals surface area contributed by atoms with E-state index in [2.05, 4.69) is 38.1 Å². The molecule has 0 spiro atoms. The second kappa shape index (κ2) is 6.67. The molecule has 1 amide bonds. The first-order valence-corrected chi connectivity index (χ1v) is 8.41. The summed E-state index contributed by atoms with van der Waals surface area (Å²) < 4.78 is 1.98. The first-order chi connectivity index (χ1) is 9.04. The van der Waals surface area contributed by atoms with Gasteiger partial charge in [0.1, 0.15) is 5.01 Å². The van der Waals surface area contributed by atoms with Gasteiger partial charge in [-0.2, -0.15) is 0 Å². The Bertz CT molecular complexity index is 600. The van der Waals surface area contributed by atoms with Crippen molar-refractivity contribution in [3.8, 4) is 0 Å². The van der Waals surface area contributed by atoms with Crippen LogP contribution in [0, 0.1) is 17.4 Å². The Morgan fingerprint density at radius 2 is 2.21 bits per heavy atom. The van der Waals surface area contributed by atoms with E-state index in [1.165, 1.54) is 23.1 Å². The van der Waals surface area contributed by atoms with Crippen LogP contribution in [0.15, 0.2) is 22.5 Å². The number of halogens is 1. The van der Waals surface area contributed by atoms with E-state index in [0.29, 0.717) is 5.75 Å². The molecule has 0 unspecified atom stereocenters. The zero-order valence-corrected chi connectivity index (χ0v) is 14.2. The highest BCUT2D eigenvalue weighted by molar-refractivity contribution is 14.1. The lowest BCUT2D eigenvalue weighted by molar-refractivity contribution is -0.113. The average Bonchev–Trinajstić information content (AvgIpc) is 2.76. The van der Waals surface area contributed by atoms with E-state index >= 15 is 0 Å². The van der Waals surface area contributed by atoms with Gasteiger partial charge in [0.2, 0.25) is 5.91 Å². The number of aryl methyl sites for hydroxylation is 2. The molecule has 0 bridgehead atoms. The number of amides is 1. The zero-order valence-electron chi connectivity index (χ0n) is 10.4. The van der Waals surface area contributed by atoms with Crippen molar-refractivity contribution in [1.82, 2.24) is 10.2 Å². The lowest BCUT2D eigenvalue weighted by Gasteiger charge is -2.07. The second-order valence-electron chi connectivity index (χ2n) is 3.88. The third kappa shape index (κ3) is 4.43. The first kappa shape index (κ1) is 14.7. The molecule has 0 aliphatic rings. The van der Waals surface area contributed by atoms with Crippen LogP contribution in [0.5, 0.6) is 0 Å². The van der Waals surface area contributed by atoms with E-state index < -0.39 is 0 Å². The molecule has 0 saturated carbocycles. The van der Waals surface area contributed by atoms with Crippen molar-refractivity contribution in [3.05, 3.63) is 32.3 Å². The van der Waals surface area contributed by atoms with Crippen molar-refractivity contribution in [2.24, 2.45) is 0 Å². The average molecular weight is 405 g/mol. The maximum Gasteiger partial charge on any atom is 0.234 e. The Morgan fingerprint density at radius 3 is 2.84 bits per heavy atom. The molecule has 19 heavy (non-hydrogen) atoms. The van der Waals surface area contributed by atoms with Gasteiger partial charge in [-0.05, 0) is 60.2 Å². The Hall–Kier alpha value is -0.670. The largest absolute Gasteiger partial charge is 0.325 e. The molecule has 0 aliphatic carbocycles. The number of nitrogens with one attached hydrogen (secondary N) is 1. The predicted molar refractivity (Wildman–Crippen MR) is 87.9 cm³/mol. The monoisotopic (exact) mass is 405 g/mol. The van der Waals surface area contributed by atoms with Gasteiger partial charge in [0, 0.05) is 9.26 Å². The fourth-order valence-corrected chi connectivity index (χ4v) is 3.68. The lowest BCUT2D eigenvalue weighted by Crippen LogP contribution is -2.14. The smallest absolute Gasteiger partial charge is 0.234 e. The van der Waals surface area contributed by atoms with Gasteiger partial charge in [-0.25, -0.2) is 0 Å². The quantitative estimate of drug-likeness (QED) is 0.625. The third-order valence-corrected chi connectivity index (χ3v) is 4.94. The van der Waals surface area contributed by atoms with E-state index in [9.17, 15) is 4.79 Å². The van der Waals surface area contributed by atoms with Crippen molar-refractivity contribution in [1.29, 1.82) is 0 Å². The van der Waals surface area contributed by atoms with Gasteiger partial charge in [-0.15, -0.1) is 10.2 Å². The number of rotatable bonds is 4. The van der Waals surface area contributed by atoms with Gasteiger partial charge >= 0.3 is 0 Å². The molecule has 0 aliphatic heterocycles. The molecule has 7 heteroatoms. The summed E-state index contributed by atoms with van der Waals surface area (Å²) in [5, 5.41) is 11.7. The summed E-state index contributed by atoms with van der Waals surface area (Å²) in [6, 6.07) is 5.94. The molecule has 0 saturated heterocycles. The highest BCUT2D eigenvalue weighted by Gasteiger charge is 2.08. The number of nitrogens with zero attached hydrogens (tertiary/aromatic N) is 2. The molecule has 1 aromatic carbocycles. The maximum atomic E-state index is 11.9. The van der Waals surface area contributed by atoms with Gasteiger partial charge < -0.3 is 5.32 Å². The number of hydrogen-bond acceptors (Lipinski definition) is 5. The topological polar surface area (TPSA) is 54.9 Å². The van der Waals surface area contributed by atoms with E-state index in [4.69, 9.17) is 0 Å². The lowest BCUT2D eigenvalue weighted by atomic mass is 10.2. The summed E-state index contributed by atoms with van der Waals surface area (Å²) in [5.41, 5.74) is 1.93. The number of thioether (sulfide) groups is 1. The van der Waals surface area contributed by atoms with Gasteiger partial charge in [0.25, 0.3) is 0 Å². The van der Waals surface area contributed by atoms with Crippen molar-refractivity contribution in [3.63, 3.8) is 0 Å². The molecular formula is C12H12IN3OS2. The van der Waals surface area contributed by atoms with E-state index in [0.717, 1.165) is 24.2 Å². The summed E-state index contributed by atoms with van der Waals surface area (Å²) in [5.74, 6) is 0.322. The predicted octanol–water partition coefficient (Wildman–Crippen LogP) is 3.49. The van der Waals surface area contributed by atoms with Gasteiger partial charge in [0.15, 0.2) is 4.34 Å². The van der Waals surface area contributed by atoms with Crippen LogP contribution in [-0.4, -0.2) is 21.9 Å². The Morgan fingerprint density at radius 1 is 1.42 bits per heavy atom. The molecule has 2 aromatic rings. The van der Waals surface area contributed by atoms with Crippen LogP contribution < -0.4 is 5.32 Å².